The molecule has 2 aromatic carbocycles. The van der Waals surface area contributed by atoms with Crippen molar-refractivity contribution in [3.05, 3.63) is 71.9 Å². The smallest absolute Gasteiger partial charge is 0.326 e. The molecular weight excluding hydrogens is 346 g/mol. The van der Waals surface area contributed by atoms with Gasteiger partial charge < -0.3 is 20.7 Å². The Morgan fingerprint density at radius 3 is 2.44 bits per heavy atom. The molecular formula is C20H19N3O4. The van der Waals surface area contributed by atoms with E-state index in [0.29, 0.717) is 5.56 Å². The second-order valence-electron chi connectivity index (χ2n) is 6.07. The highest BCUT2D eigenvalue weighted by molar-refractivity contribution is 5.96. The molecule has 2 amide bonds. The Balaban J connectivity index is 1.60. The van der Waals surface area contributed by atoms with Gasteiger partial charge in [0, 0.05) is 29.1 Å². The fourth-order valence-corrected chi connectivity index (χ4v) is 2.82. The Morgan fingerprint density at radius 1 is 1.00 bits per heavy atom. The highest BCUT2D eigenvalue weighted by atomic mass is 16.4. The highest BCUT2D eigenvalue weighted by Crippen LogP contribution is 2.19. The lowest BCUT2D eigenvalue weighted by molar-refractivity contribution is -0.141. The van der Waals surface area contributed by atoms with Crippen LogP contribution in [-0.4, -0.2) is 40.5 Å². The van der Waals surface area contributed by atoms with E-state index >= 15 is 0 Å². The Bertz CT molecular complexity index is 966. The fraction of sp³-hybridized carbons (Fsp3) is 0.150. The standard InChI is InChI=1S/C20H19N3O4/c24-18(12-22-19(25)13-6-2-1-3-7-13)23-17(20(26)27)10-14-11-21-16-9-5-4-8-15(14)16/h1-9,11,17,21H,10,12H2,(H,22,25)(H,23,24)(H,26,27)/t17-/m0/s1. The van der Waals surface area contributed by atoms with Crippen LogP contribution in [0.2, 0.25) is 0 Å². The van der Waals surface area contributed by atoms with E-state index in [1.165, 1.54) is 0 Å². The third-order valence-corrected chi connectivity index (χ3v) is 4.18. The molecule has 138 valence electrons. The van der Waals surface area contributed by atoms with Gasteiger partial charge in [-0.3, -0.25) is 9.59 Å². The number of aromatic nitrogens is 1. The van der Waals surface area contributed by atoms with Gasteiger partial charge in [-0.1, -0.05) is 36.4 Å². The molecule has 0 aliphatic heterocycles. The summed E-state index contributed by atoms with van der Waals surface area (Å²) in [6.07, 6.45) is 1.88. The first kappa shape index (κ1) is 18.2. The topological polar surface area (TPSA) is 111 Å². The Morgan fingerprint density at radius 2 is 1.70 bits per heavy atom. The third kappa shape index (κ3) is 4.52. The quantitative estimate of drug-likeness (QED) is 0.511. The number of carbonyl (C=O) groups excluding carboxylic acids is 2. The van der Waals surface area contributed by atoms with E-state index in [0.717, 1.165) is 16.5 Å². The monoisotopic (exact) mass is 365 g/mol. The maximum atomic E-state index is 12.1. The van der Waals surface area contributed by atoms with Gasteiger partial charge in [0.15, 0.2) is 0 Å². The van der Waals surface area contributed by atoms with Crippen molar-refractivity contribution >= 4 is 28.7 Å². The number of nitrogens with one attached hydrogen (secondary N) is 3. The van der Waals surface area contributed by atoms with Crippen LogP contribution in [0.5, 0.6) is 0 Å². The number of fused-ring (bicyclic) bond motifs is 1. The van der Waals surface area contributed by atoms with Gasteiger partial charge in [-0.15, -0.1) is 0 Å². The third-order valence-electron chi connectivity index (χ3n) is 4.18. The van der Waals surface area contributed by atoms with Crippen LogP contribution in [0.4, 0.5) is 0 Å². The van der Waals surface area contributed by atoms with Crippen LogP contribution in [0.1, 0.15) is 15.9 Å². The number of benzene rings is 2. The van der Waals surface area contributed by atoms with Gasteiger partial charge in [0.25, 0.3) is 5.91 Å². The normalized spacial score (nSPS) is 11.7. The van der Waals surface area contributed by atoms with Crippen LogP contribution in [0.3, 0.4) is 0 Å². The molecule has 0 unspecified atom stereocenters. The second kappa shape index (κ2) is 8.18. The van der Waals surface area contributed by atoms with Crippen LogP contribution in [0.25, 0.3) is 10.9 Å². The predicted octanol–water partition coefficient (Wildman–Crippen LogP) is 1.71. The van der Waals surface area contributed by atoms with Crippen molar-refractivity contribution in [2.45, 2.75) is 12.5 Å². The number of carbonyl (C=O) groups is 3. The zero-order valence-corrected chi connectivity index (χ0v) is 14.4. The lowest BCUT2D eigenvalue weighted by Crippen LogP contribution is -2.46. The summed E-state index contributed by atoms with van der Waals surface area (Å²) < 4.78 is 0. The van der Waals surface area contributed by atoms with Crippen LogP contribution in [-0.2, 0) is 16.0 Å². The lowest BCUT2D eigenvalue weighted by Gasteiger charge is -2.14. The molecule has 7 nitrogen and oxygen atoms in total. The summed E-state index contributed by atoms with van der Waals surface area (Å²) in [6, 6.07) is 14.9. The van der Waals surface area contributed by atoms with Crippen LogP contribution in [0, 0.1) is 0 Å². The molecule has 4 N–H and O–H groups in total. The average Bonchev–Trinajstić information content (AvgIpc) is 3.09. The zero-order valence-electron chi connectivity index (χ0n) is 14.4. The summed E-state index contributed by atoms with van der Waals surface area (Å²) >= 11 is 0. The van der Waals surface area contributed by atoms with Crippen LogP contribution < -0.4 is 10.6 Å². The molecule has 0 aliphatic carbocycles. The largest absolute Gasteiger partial charge is 0.480 e. The van der Waals surface area contributed by atoms with Gasteiger partial charge in [-0.05, 0) is 23.8 Å². The molecule has 1 aromatic heterocycles. The first-order chi connectivity index (χ1) is 13.0. The maximum absolute atomic E-state index is 12.1. The molecule has 0 radical (unpaired) electrons. The number of rotatable bonds is 7. The molecule has 0 saturated heterocycles. The summed E-state index contributed by atoms with van der Waals surface area (Å²) in [6.45, 7) is -0.300. The molecule has 0 spiro atoms. The molecule has 0 fully saturated rings. The summed E-state index contributed by atoms with van der Waals surface area (Å²) in [7, 11) is 0. The first-order valence-corrected chi connectivity index (χ1v) is 8.45. The van der Waals surface area contributed by atoms with Crippen LogP contribution in [0.15, 0.2) is 60.8 Å². The zero-order chi connectivity index (χ0) is 19.2. The number of H-pyrrole nitrogens is 1. The van der Waals surface area contributed by atoms with E-state index < -0.39 is 23.8 Å². The van der Waals surface area contributed by atoms with Crippen molar-refractivity contribution in [2.24, 2.45) is 0 Å². The predicted molar refractivity (Wildman–Crippen MR) is 100 cm³/mol. The Hall–Kier alpha value is -3.61. The number of aromatic amines is 1. The lowest BCUT2D eigenvalue weighted by atomic mass is 10.0. The average molecular weight is 365 g/mol. The Labute approximate surface area is 155 Å². The van der Waals surface area contributed by atoms with Crippen molar-refractivity contribution in [1.29, 1.82) is 0 Å². The molecule has 7 heteroatoms. The minimum absolute atomic E-state index is 0.137. The second-order valence-corrected chi connectivity index (χ2v) is 6.07. The molecule has 0 bridgehead atoms. The first-order valence-electron chi connectivity index (χ1n) is 8.45. The number of carboxylic acid groups (broad SMARTS) is 1. The van der Waals surface area contributed by atoms with Crippen molar-refractivity contribution in [2.75, 3.05) is 6.54 Å². The summed E-state index contributed by atoms with van der Waals surface area (Å²) in [4.78, 5) is 38.7. The molecule has 1 heterocycles. The van der Waals surface area contributed by atoms with Crippen molar-refractivity contribution < 1.29 is 19.5 Å². The van der Waals surface area contributed by atoms with E-state index in [-0.39, 0.29) is 13.0 Å². The van der Waals surface area contributed by atoms with E-state index in [1.54, 1.807) is 36.5 Å². The molecule has 27 heavy (non-hydrogen) atoms. The highest BCUT2D eigenvalue weighted by Gasteiger charge is 2.22. The SMILES string of the molecule is O=C(CNC(=O)c1ccccc1)N[C@@H](Cc1c[nH]c2ccccc12)C(=O)O. The minimum Gasteiger partial charge on any atom is -0.480 e. The molecule has 3 rings (SSSR count). The van der Waals surface area contributed by atoms with E-state index in [9.17, 15) is 19.5 Å². The minimum atomic E-state index is -1.14. The van der Waals surface area contributed by atoms with Crippen LogP contribution >= 0.6 is 0 Å². The summed E-state index contributed by atoms with van der Waals surface area (Å²) in [5.74, 6) is -2.09. The molecule has 1 atom stereocenters. The van der Waals surface area contributed by atoms with E-state index in [2.05, 4.69) is 15.6 Å². The number of carboxylic acids is 1. The molecule has 0 saturated carbocycles. The summed E-state index contributed by atoms with van der Waals surface area (Å²) in [5, 5.41) is 15.3. The number of hydrogen-bond donors (Lipinski definition) is 4. The number of amides is 2. The fourth-order valence-electron chi connectivity index (χ4n) is 2.82. The summed E-state index contributed by atoms with van der Waals surface area (Å²) in [5.41, 5.74) is 2.13. The van der Waals surface area contributed by atoms with Crippen molar-refractivity contribution in [3.8, 4) is 0 Å². The van der Waals surface area contributed by atoms with E-state index in [4.69, 9.17) is 0 Å². The van der Waals surface area contributed by atoms with Gasteiger partial charge in [0.05, 0.1) is 6.54 Å². The van der Waals surface area contributed by atoms with Gasteiger partial charge in [0.1, 0.15) is 6.04 Å². The Kier molecular flexibility index (Phi) is 5.51. The van der Waals surface area contributed by atoms with Gasteiger partial charge in [-0.25, -0.2) is 4.79 Å². The van der Waals surface area contributed by atoms with Crippen molar-refractivity contribution in [1.82, 2.24) is 15.6 Å². The van der Waals surface area contributed by atoms with Crippen molar-refractivity contribution in [3.63, 3.8) is 0 Å². The number of para-hydroxylation sites is 1. The van der Waals surface area contributed by atoms with E-state index in [1.807, 2.05) is 24.3 Å². The van der Waals surface area contributed by atoms with Gasteiger partial charge in [0.2, 0.25) is 5.91 Å². The number of aliphatic carboxylic acids is 1. The van der Waals surface area contributed by atoms with Gasteiger partial charge in [-0.2, -0.15) is 0 Å². The number of hydrogen-bond acceptors (Lipinski definition) is 3. The molecule has 0 aliphatic rings. The molecule has 3 aromatic rings. The van der Waals surface area contributed by atoms with Gasteiger partial charge >= 0.3 is 5.97 Å². The maximum Gasteiger partial charge on any atom is 0.326 e.